The summed E-state index contributed by atoms with van der Waals surface area (Å²) in [6, 6.07) is 0.0736. The number of hydrogen-bond acceptors (Lipinski definition) is 5. The molecule has 6 nitrogen and oxygen atoms in total. The van der Waals surface area contributed by atoms with Gasteiger partial charge >= 0.3 is 6.01 Å². The molecule has 1 atom stereocenters. The number of nitrogens with zero attached hydrogens (tertiary/aromatic N) is 3. The number of rotatable bonds is 5. The van der Waals surface area contributed by atoms with Gasteiger partial charge in [0, 0.05) is 6.54 Å². The first-order valence-corrected chi connectivity index (χ1v) is 8.60. The van der Waals surface area contributed by atoms with E-state index >= 15 is 0 Å². The number of sulfonamides is 1. The Balaban J connectivity index is 1.99. The van der Waals surface area contributed by atoms with Gasteiger partial charge in [-0.25, -0.2) is 22.8 Å². The third-order valence-corrected chi connectivity index (χ3v) is 5.35. The van der Waals surface area contributed by atoms with Gasteiger partial charge < -0.3 is 4.74 Å². The van der Waals surface area contributed by atoms with E-state index in [9.17, 15) is 12.8 Å². The Hall–Kier alpha value is -1.28. The van der Waals surface area contributed by atoms with Gasteiger partial charge in [0.15, 0.2) is 5.82 Å². The zero-order valence-corrected chi connectivity index (χ0v) is 13.0. The molecular formula is C13H20FN3O3S. The van der Waals surface area contributed by atoms with Crippen molar-refractivity contribution in [1.29, 1.82) is 0 Å². The Labute approximate surface area is 124 Å². The van der Waals surface area contributed by atoms with Gasteiger partial charge in [0.2, 0.25) is 10.0 Å². The van der Waals surface area contributed by atoms with Crippen LogP contribution in [0.25, 0.3) is 0 Å². The van der Waals surface area contributed by atoms with Crippen molar-refractivity contribution >= 4 is 10.0 Å². The lowest BCUT2D eigenvalue weighted by atomic mass is 10.1. The van der Waals surface area contributed by atoms with E-state index in [1.54, 1.807) is 0 Å². The Bertz CT molecular complexity index is 563. The SMILES string of the molecule is CC(C)CS(=O)(=O)N1CCCC(Oc2ncc(F)cn2)C1. The molecular weight excluding hydrogens is 297 g/mol. The van der Waals surface area contributed by atoms with E-state index < -0.39 is 15.8 Å². The lowest BCUT2D eigenvalue weighted by Gasteiger charge is -2.31. The fourth-order valence-electron chi connectivity index (χ4n) is 2.29. The molecule has 1 aliphatic rings. The molecule has 0 aromatic carbocycles. The minimum atomic E-state index is -3.26. The third kappa shape index (κ3) is 4.60. The van der Waals surface area contributed by atoms with Crippen LogP contribution in [0.3, 0.4) is 0 Å². The van der Waals surface area contributed by atoms with Gasteiger partial charge in [-0.2, -0.15) is 4.31 Å². The zero-order chi connectivity index (χ0) is 15.5. The van der Waals surface area contributed by atoms with E-state index in [4.69, 9.17) is 4.74 Å². The maximum Gasteiger partial charge on any atom is 0.316 e. The van der Waals surface area contributed by atoms with Crippen LogP contribution in [0.4, 0.5) is 4.39 Å². The molecule has 8 heteroatoms. The van der Waals surface area contributed by atoms with Crippen LogP contribution in [-0.2, 0) is 10.0 Å². The highest BCUT2D eigenvalue weighted by Gasteiger charge is 2.30. The average molecular weight is 317 g/mol. The van der Waals surface area contributed by atoms with Crippen LogP contribution in [0.2, 0.25) is 0 Å². The molecule has 0 aliphatic carbocycles. The van der Waals surface area contributed by atoms with Crippen molar-refractivity contribution in [3.8, 4) is 6.01 Å². The summed E-state index contributed by atoms with van der Waals surface area (Å²) in [5.74, 6) is -0.323. The molecule has 1 unspecified atom stereocenters. The van der Waals surface area contributed by atoms with Crippen LogP contribution < -0.4 is 4.74 Å². The van der Waals surface area contributed by atoms with E-state index in [0.717, 1.165) is 25.2 Å². The molecule has 2 heterocycles. The van der Waals surface area contributed by atoms with Crippen LogP contribution in [0.15, 0.2) is 12.4 Å². The second-order valence-corrected chi connectivity index (χ2v) is 7.61. The van der Waals surface area contributed by atoms with Gasteiger partial charge in [-0.15, -0.1) is 0 Å². The Morgan fingerprint density at radius 3 is 2.71 bits per heavy atom. The molecule has 118 valence electrons. The summed E-state index contributed by atoms with van der Waals surface area (Å²) >= 11 is 0. The molecule has 0 amide bonds. The summed E-state index contributed by atoms with van der Waals surface area (Å²) in [5, 5.41) is 0. The Kier molecular flexibility index (Phi) is 5.10. The quantitative estimate of drug-likeness (QED) is 0.822. The van der Waals surface area contributed by atoms with Crippen molar-refractivity contribution in [2.75, 3.05) is 18.8 Å². The normalized spacial score (nSPS) is 20.7. The summed E-state index contributed by atoms with van der Waals surface area (Å²) < 4.78 is 44.2. The number of halogens is 1. The van der Waals surface area contributed by atoms with Gasteiger partial charge in [-0.3, -0.25) is 0 Å². The number of aromatic nitrogens is 2. The predicted octanol–water partition coefficient (Wildman–Crippen LogP) is 1.44. The zero-order valence-electron chi connectivity index (χ0n) is 12.2. The van der Waals surface area contributed by atoms with E-state index in [1.807, 2.05) is 13.8 Å². The van der Waals surface area contributed by atoms with Crippen LogP contribution in [0, 0.1) is 11.7 Å². The lowest BCUT2D eigenvalue weighted by Crippen LogP contribution is -2.45. The monoisotopic (exact) mass is 317 g/mol. The molecule has 1 aromatic rings. The van der Waals surface area contributed by atoms with Crippen molar-refractivity contribution in [2.24, 2.45) is 5.92 Å². The standard InChI is InChI=1S/C13H20FN3O3S/c1-10(2)9-21(18,19)17-5-3-4-12(8-17)20-13-15-6-11(14)7-16-13/h6-7,10,12H,3-5,8-9H2,1-2H3. The highest BCUT2D eigenvalue weighted by atomic mass is 32.2. The molecule has 1 saturated heterocycles. The summed E-state index contributed by atoms with van der Waals surface area (Å²) in [5.41, 5.74) is 0. The van der Waals surface area contributed by atoms with Crippen LogP contribution in [0.5, 0.6) is 6.01 Å². The average Bonchev–Trinajstić information content (AvgIpc) is 2.40. The number of hydrogen-bond donors (Lipinski definition) is 0. The van der Waals surface area contributed by atoms with Gasteiger partial charge in [-0.1, -0.05) is 13.8 Å². The summed E-state index contributed by atoms with van der Waals surface area (Å²) in [4.78, 5) is 7.46. The minimum Gasteiger partial charge on any atom is -0.459 e. The molecule has 1 aliphatic heterocycles. The molecule has 21 heavy (non-hydrogen) atoms. The molecule has 0 spiro atoms. The highest BCUT2D eigenvalue weighted by Crippen LogP contribution is 2.19. The van der Waals surface area contributed by atoms with Crippen molar-refractivity contribution in [3.05, 3.63) is 18.2 Å². The summed E-state index contributed by atoms with van der Waals surface area (Å²) in [6.45, 7) is 4.55. The molecule has 0 saturated carbocycles. The van der Waals surface area contributed by atoms with Crippen molar-refractivity contribution in [2.45, 2.75) is 32.8 Å². The maximum atomic E-state index is 12.7. The Morgan fingerprint density at radius 2 is 2.10 bits per heavy atom. The van der Waals surface area contributed by atoms with Gasteiger partial charge in [0.1, 0.15) is 6.10 Å². The largest absolute Gasteiger partial charge is 0.459 e. The van der Waals surface area contributed by atoms with Gasteiger partial charge in [0.05, 0.1) is 24.7 Å². The van der Waals surface area contributed by atoms with E-state index in [-0.39, 0.29) is 30.3 Å². The first-order valence-electron chi connectivity index (χ1n) is 6.99. The fraction of sp³-hybridized carbons (Fsp3) is 0.692. The van der Waals surface area contributed by atoms with E-state index in [0.29, 0.717) is 6.54 Å². The molecule has 0 N–H and O–H groups in total. The smallest absolute Gasteiger partial charge is 0.316 e. The van der Waals surface area contributed by atoms with Crippen molar-refractivity contribution in [3.63, 3.8) is 0 Å². The third-order valence-electron chi connectivity index (χ3n) is 3.15. The highest BCUT2D eigenvalue weighted by molar-refractivity contribution is 7.89. The van der Waals surface area contributed by atoms with Crippen molar-refractivity contribution in [1.82, 2.24) is 14.3 Å². The predicted molar refractivity (Wildman–Crippen MR) is 75.8 cm³/mol. The molecule has 1 fully saturated rings. The summed E-state index contributed by atoms with van der Waals surface area (Å²) in [7, 11) is -3.26. The van der Waals surface area contributed by atoms with Gasteiger partial charge in [-0.05, 0) is 18.8 Å². The minimum absolute atomic E-state index is 0.0736. The molecule has 0 radical (unpaired) electrons. The lowest BCUT2D eigenvalue weighted by molar-refractivity contribution is 0.118. The summed E-state index contributed by atoms with van der Waals surface area (Å²) in [6.07, 6.45) is 3.21. The molecule has 0 bridgehead atoms. The maximum absolute atomic E-state index is 12.7. The van der Waals surface area contributed by atoms with E-state index in [1.165, 1.54) is 4.31 Å². The number of ether oxygens (including phenoxy) is 1. The van der Waals surface area contributed by atoms with Crippen LogP contribution in [0.1, 0.15) is 26.7 Å². The van der Waals surface area contributed by atoms with Crippen LogP contribution in [-0.4, -0.2) is 47.6 Å². The molecule has 1 aromatic heterocycles. The first kappa shape index (κ1) is 16.1. The first-order chi connectivity index (χ1) is 9.87. The second-order valence-electron chi connectivity index (χ2n) is 5.60. The Morgan fingerprint density at radius 1 is 1.43 bits per heavy atom. The van der Waals surface area contributed by atoms with Crippen molar-refractivity contribution < 1.29 is 17.5 Å². The number of piperidine rings is 1. The van der Waals surface area contributed by atoms with E-state index in [2.05, 4.69) is 9.97 Å². The topological polar surface area (TPSA) is 72.4 Å². The van der Waals surface area contributed by atoms with Gasteiger partial charge in [0.25, 0.3) is 0 Å². The molecule has 2 rings (SSSR count). The van der Waals surface area contributed by atoms with Crippen LogP contribution >= 0.6 is 0 Å². The fourth-order valence-corrected chi connectivity index (χ4v) is 4.14. The second kappa shape index (κ2) is 6.65.